The molecule has 3 rings (SSSR count). The zero-order chi connectivity index (χ0) is 19.8. The van der Waals surface area contributed by atoms with Crippen molar-refractivity contribution < 1.29 is 9.59 Å². The zero-order valence-electron chi connectivity index (χ0n) is 16.4. The number of amides is 3. The third-order valence-electron chi connectivity index (χ3n) is 5.25. The maximum atomic E-state index is 12.9. The Morgan fingerprint density at radius 2 is 1.68 bits per heavy atom. The highest BCUT2D eigenvalue weighted by Crippen LogP contribution is 2.34. The minimum atomic E-state index is -0.211. The molecule has 0 saturated carbocycles. The highest BCUT2D eigenvalue weighted by atomic mass is 16.2. The first-order chi connectivity index (χ1) is 13.7. The Morgan fingerprint density at radius 3 is 2.36 bits per heavy atom. The van der Waals surface area contributed by atoms with Gasteiger partial charge in [-0.25, -0.2) is 4.79 Å². The lowest BCUT2D eigenvalue weighted by Gasteiger charge is -2.39. The van der Waals surface area contributed by atoms with Crippen molar-refractivity contribution in [3.63, 3.8) is 0 Å². The third kappa shape index (κ3) is 5.12. The fourth-order valence-corrected chi connectivity index (χ4v) is 3.67. The van der Waals surface area contributed by atoms with Crippen molar-refractivity contribution in [2.75, 3.05) is 18.4 Å². The molecule has 2 aromatic carbocycles. The predicted molar refractivity (Wildman–Crippen MR) is 112 cm³/mol. The number of nitrogens with one attached hydrogen (secondary N) is 2. The molecule has 148 valence electrons. The monoisotopic (exact) mass is 379 g/mol. The summed E-state index contributed by atoms with van der Waals surface area (Å²) in [5, 5.41) is 6.00. The fraction of sp³-hybridized carbons (Fsp3) is 0.391. The lowest BCUT2D eigenvalue weighted by molar-refractivity contribution is -0.121. The van der Waals surface area contributed by atoms with Gasteiger partial charge in [0, 0.05) is 18.8 Å². The van der Waals surface area contributed by atoms with Gasteiger partial charge in [-0.2, -0.15) is 0 Å². The van der Waals surface area contributed by atoms with Gasteiger partial charge in [-0.05, 0) is 37.0 Å². The molecule has 5 heteroatoms. The number of piperidine rings is 1. The van der Waals surface area contributed by atoms with E-state index in [0.29, 0.717) is 13.1 Å². The van der Waals surface area contributed by atoms with Crippen molar-refractivity contribution >= 4 is 17.6 Å². The topological polar surface area (TPSA) is 61.4 Å². The van der Waals surface area contributed by atoms with Crippen LogP contribution < -0.4 is 10.6 Å². The number of urea groups is 1. The van der Waals surface area contributed by atoms with Gasteiger partial charge < -0.3 is 15.5 Å². The summed E-state index contributed by atoms with van der Waals surface area (Å²) in [5.74, 6) is -0.235. The van der Waals surface area contributed by atoms with Crippen LogP contribution >= 0.6 is 0 Å². The molecule has 2 atom stereocenters. The molecule has 0 aliphatic carbocycles. The highest BCUT2D eigenvalue weighted by Gasteiger charge is 2.35. The molecule has 2 aromatic rings. The van der Waals surface area contributed by atoms with Crippen LogP contribution in [0.25, 0.3) is 0 Å². The summed E-state index contributed by atoms with van der Waals surface area (Å²) in [4.78, 5) is 27.5. The van der Waals surface area contributed by atoms with E-state index in [-0.39, 0.29) is 23.9 Å². The maximum absolute atomic E-state index is 12.9. The number of hydrogen-bond donors (Lipinski definition) is 2. The number of para-hydroxylation sites is 1. The normalized spacial score (nSPS) is 19.1. The minimum absolute atomic E-state index is 0.00334. The van der Waals surface area contributed by atoms with E-state index in [4.69, 9.17) is 0 Å². The van der Waals surface area contributed by atoms with E-state index < -0.39 is 0 Å². The van der Waals surface area contributed by atoms with E-state index in [2.05, 4.69) is 29.7 Å². The van der Waals surface area contributed by atoms with Gasteiger partial charge in [-0.3, -0.25) is 4.79 Å². The van der Waals surface area contributed by atoms with Crippen LogP contribution in [0.5, 0.6) is 0 Å². The van der Waals surface area contributed by atoms with Gasteiger partial charge in [-0.1, -0.05) is 61.9 Å². The summed E-state index contributed by atoms with van der Waals surface area (Å²) >= 11 is 0. The highest BCUT2D eigenvalue weighted by molar-refractivity contribution is 5.93. The van der Waals surface area contributed by atoms with Crippen molar-refractivity contribution in [2.24, 2.45) is 5.92 Å². The molecule has 0 spiro atoms. The molecule has 5 nitrogen and oxygen atoms in total. The SMILES string of the molecule is CCCCNC(=O)N1C[C@H](C(=O)Nc2ccccc2)CC[C@H]1c1ccccc1. The van der Waals surface area contributed by atoms with Gasteiger partial charge in [0.05, 0.1) is 12.0 Å². The minimum Gasteiger partial charge on any atom is -0.338 e. The van der Waals surface area contributed by atoms with E-state index in [1.807, 2.05) is 53.4 Å². The number of hydrogen-bond acceptors (Lipinski definition) is 2. The van der Waals surface area contributed by atoms with Crippen LogP contribution in [0.3, 0.4) is 0 Å². The maximum Gasteiger partial charge on any atom is 0.317 e. The molecular formula is C23H29N3O2. The smallest absolute Gasteiger partial charge is 0.317 e. The van der Waals surface area contributed by atoms with E-state index >= 15 is 0 Å². The van der Waals surface area contributed by atoms with E-state index in [1.165, 1.54) is 0 Å². The molecule has 0 bridgehead atoms. The van der Waals surface area contributed by atoms with Gasteiger partial charge in [0.25, 0.3) is 0 Å². The van der Waals surface area contributed by atoms with Crippen LogP contribution in [-0.4, -0.2) is 29.9 Å². The van der Waals surface area contributed by atoms with Crippen molar-refractivity contribution in [1.82, 2.24) is 10.2 Å². The zero-order valence-corrected chi connectivity index (χ0v) is 16.4. The van der Waals surface area contributed by atoms with Gasteiger partial charge in [0.2, 0.25) is 5.91 Å². The van der Waals surface area contributed by atoms with Crippen LogP contribution in [0.15, 0.2) is 60.7 Å². The summed E-state index contributed by atoms with van der Waals surface area (Å²) in [6.07, 6.45) is 3.52. The molecule has 1 aliphatic rings. The van der Waals surface area contributed by atoms with E-state index in [1.54, 1.807) is 0 Å². The Morgan fingerprint density at radius 1 is 1.00 bits per heavy atom. The second-order valence-electron chi connectivity index (χ2n) is 7.29. The first-order valence-corrected chi connectivity index (χ1v) is 10.1. The van der Waals surface area contributed by atoms with Gasteiger partial charge in [0.15, 0.2) is 0 Å². The Kier molecular flexibility index (Phi) is 7.06. The summed E-state index contributed by atoms with van der Waals surface area (Å²) in [5.41, 5.74) is 1.91. The molecular weight excluding hydrogens is 350 g/mol. The van der Waals surface area contributed by atoms with Crippen LogP contribution in [-0.2, 0) is 4.79 Å². The summed E-state index contributed by atoms with van der Waals surface area (Å²) in [6.45, 7) is 3.19. The molecule has 3 amide bonds. The molecule has 1 aliphatic heterocycles. The average molecular weight is 380 g/mol. The number of rotatable bonds is 6. The molecule has 2 N–H and O–H groups in total. The van der Waals surface area contributed by atoms with Crippen molar-refractivity contribution in [3.8, 4) is 0 Å². The third-order valence-corrected chi connectivity index (χ3v) is 5.25. The van der Waals surface area contributed by atoms with Crippen LogP contribution in [0.1, 0.15) is 44.2 Å². The number of anilines is 1. The van der Waals surface area contributed by atoms with Crippen LogP contribution in [0, 0.1) is 5.92 Å². The number of nitrogens with zero attached hydrogens (tertiary/aromatic N) is 1. The summed E-state index contributed by atoms with van der Waals surface area (Å²) in [7, 11) is 0. The Labute approximate surface area is 167 Å². The number of likely N-dealkylation sites (tertiary alicyclic amines) is 1. The van der Waals surface area contributed by atoms with E-state index in [9.17, 15) is 9.59 Å². The van der Waals surface area contributed by atoms with E-state index in [0.717, 1.165) is 36.9 Å². The molecule has 1 fully saturated rings. The fourth-order valence-electron chi connectivity index (χ4n) is 3.67. The molecule has 1 saturated heterocycles. The Hall–Kier alpha value is -2.82. The first-order valence-electron chi connectivity index (χ1n) is 10.1. The first kappa shape index (κ1) is 19.9. The number of carbonyl (C=O) groups is 2. The average Bonchev–Trinajstić information content (AvgIpc) is 2.74. The lowest BCUT2D eigenvalue weighted by Crippen LogP contribution is -2.49. The molecule has 0 radical (unpaired) electrons. The quantitative estimate of drug-likeness (QED) is 0.721. The predicted octanol–water partition coefficient (Wildman–Crippen LogP) is 4.59. The lowest BCUT2D eigenvalue weighted by atomic mass is 9.88. The van der Waals surface area contributed by atoms with Gasteiger partial charge >= 0.3 is 6.03 Å². The largest absolute Gasteiger partial charge is 0.338 e. The second-order valence-corrected chi connectivity index (χ2v) is 7.29. The number of unbranched alkanes of at least 4 members (excludes halogenated alkanes) is 1. The molecule has 28 heavy (non-hydrogen) atoms. The van der Waals surface area contributed by atoms with Crippen LogP contribution in [0.2, 0.25) is 0 Å². The van der Waals surface area contributed by atoms with Crippen molar-refractivity contribution in [1.29, 1.82) is 0 Å². The van der Waals surface area contributed by atoms with Crippen LogP contribution in [0.4, 0.5) is 10.5 Å². The summed E-state index contributed by atoms with van der Waals surface area (Å²) < 4.78 is 0. The molecule has 0 unspecified atom stereocenters. The van der Waals surface area contributed by atoms with Crippen molar-refractivity contribution in [3.05, 3.63) is 66.2 Å². The Balaban J connectivity index is 1.71. The van der Waals surface area contributed by atoms with Crippen molar-refractivity contribution in [2.45, 2.75) is 38.6 Å². The number of carbonyl (C=O) groups excluding carboxylic acids is 2. The molecule has 0 aromatic heterocycles. The van der Waals surface area contributed by atoms with Gasteiger partial charge in [0.1, 0.15) is 0 Å². The Bertz CT molecular complexity index is 764. The standard InChI is InChI=1S/C23H29N3O2/c1-2-3-16-24-23(28)26-17-19(22(27)25-20-12-8-5-9-13-20)14-15-21(26)18-10-6-4-7-11-18/h4-13,19,21H,2-3,14-17H2,1H3,(H,24,28)(H,25,27)/t19-,21+/m1/s1. The summed E-state index contributed by atoms with van der Waals surface area (Å²) in [6, 6.07) is 19.5. The second kappa shape index (κ2) is 9.93. The number of benzene rings is 2. The molecule has 1 heterocycles. The van der Waals surface area contributed by atoms with Gasteiger partial charge in [-0.15, -0.1) is 0 Å².